The van der Waals surface area contributed by atoms with E-state index in [0.29, 0.717) is 19.3 Å². The van der Waals surface area contributed by atoms with Crippen LogP contribution in [0.4, 0.5) is 0 Å². The number of aliphatic hydroxyl groups excluding tert-OH is 2. The van der Waals surface area contributed by atoms with Crippen molar-refractivity contribution in [1.82, 2.24) is 5.32 Å². The Kier molecular flexibility index (Phi) is 44.1. The zero-order valence-corrected chi connectivity index (χ0v) is 38.2. The van der Waals surface area contributed by atoms with Crippen molar-refractivity contribution in [3.63, 3.8) is 0 Å². The van der Waals surface area contributed by atoms with Crippen molar-refractivity contribution < 1.29 is 24.5 Å². The molecule has 6 heteroatoms. The number of allylic oxidation sites excluding steroid dienone is 4. The van der Waals surface area contributed by atoms with Gasteiger partial charge in [0.05, 0.1) is 25.2 Å². The standard InChI is InChI=1S/C51H97NO5/c1-4-7-10-13-16-19-21-23-24-25-26-27-29-32-35-38-41-44-51(56)57-47(42-39-36-33-31-28-22-20-17-14-11-8-5-2)45-50(55)52-48(46-53)49(54)43-40-37-34-30-18-15-12-9-6-3/h16,19,23-24,47-49,53-54H,4-15,17-18,20-22,25-46H2,1-3H3,(H,52,55)/b19-16-,24-23-. The maximum Gasteiger partial charge on any atom is 0.306 e. The smallest absolute Gasteiger partial charge is 0.306 e. The Morgan fingerprint density at radius 1 is 0.509 bits per heavy atom. The fourth-order valence-corrected chi connectivity index (χ4v) is 7.70. The highest BCUT2D eigenvalue weighted by Crippen LogP contribution is 2.18. The summed E-state index contributed by atoms with van der Waals surface area (Å²) in [6, 6.07) is -0.696. The van der Waals surface area contributed by atoms with Crippen molar-refractivity contribution in [1.29, 1.82) is 0 Å². The predicted octanol–water partition coefficient (Wildman–Crippen LogP) is 14.7. The molecule has 0 bridgehead atoms. The number of amides is 1. The summed E-state index contributed by atoms with van der Waals surface area (Å²) in [6.45, 7) is 6.45. The molecule has 0 saturated heterocycles. The molecule has 57 heavy (non-hydrogen) atoms. The third-order valence-corrected chi connectivity index (χ3v) is 11.5. The third kappa shape index (κ3) is 40.9. The minimum absolute atomic E-state index is 0.0793. The zero-order chi connectivity index (χ0) is 41.7. The van der Waals surface area contributed by atoms with Crippen LogP contribution in [0.2, 0.25) is 0 Å². The summed E-state index contributed by atoms with van der Waals surface area (Å²) in [5.74, 6) is -0.472. The third-order valence-electron chi connectivity index (χ3n) is 11.5. The van der Waals surface area contributed by atoms with Gasteiger partial charge in [-0.2, -0.15) is 0 Å². The van der Waals surface area contributed by atoms with Crippen molar-refractivity contribution in [2.75, 3.05) is 6.61 Å². The maximum absolute atomic E-state index is 13.1. The SMILES string of the molecule is CCCCC/C=C\C/C=C\CCCCCCCCCC(=O)OC(CCCCCCCCCCCCCC)CC(=O)NC(CO)C(O)CCCCCCCCCCC. The number of carbonyl (C=O) groups excluding carboxylic acids is 2. The van der Waals surface area contributed by atoms with Crippen molar-refractivity contribution in [3.8, 4) is 0 Å². The van der Waals surface area contributed by atoms with Crippen LogP contribution in [0.3, 0.4) is 0 Å². The lowest BCUT2D eigenvalue weighted by molar-refractivity contribution is -0.151. The summed E-state index contributed by atoms with van der Waals surface area (Å²) in [5, 5.41) is 23.6. The Bertz CT molecular complexity index is 904. The molecule has 0 rings (SSSR count). The molecule has 0 aliphatic carbocycles. The van der Waals surface area contributed by atoms with Crippen LogP contribution in [0.5, 0.6) is 0 Å². The van der Waals surface area contributed by atoms with Gasteiger partial charge in [-0.05, 0) is 57.8 Å². The maximum atomic E-state index is 13.1. The van der Waals surface area contributed by atoms with Crippen LogP contribution in [0.25, 0.3) is 0 Å². The van der Waals surface area contributed by atoms with Crippen LogP contribution in [-0.2, 0) is 14.3 Å². The number of rotatable bonds is 45. The molecule has 0 heterocycles. The first-order valence-electron chi connectivity index (χ1n) is 25.1. The van der Waals surface area contributed by atoms with E-state index in [1.807, 2.05) is 0 Å². The Morgan fingerprint density at radius 2 is 0.895 bits per heavy atom. The molecule has 0 aliphatic rings. The molecule has 3 N–H and O–H groups in total. The minimum atomic E-state index is -0.782. The highest BCUT2D eigenvalue weighted by Gasteiger charge is 2.24. The molecule has 0 aromatic heterocycles. The minimum Gasteiger partial charge on any atom is -0.462 e. The fraction of sp³-hybridized carbons (Fsp3) is 0.882. The summed E-state index contributed by atoms with van der Waals surface area (Å²) in [5.41, 5.74) is 0. The fourth-order valence-electron chi connectivity index (χ4n) is 7.70. The van der Waals surface area contributed by atoms with Gasteiger partial charge < -0.3 is 20.3 Å². The summed E-state index contributed by atoms with van der Waals surface area (Å²) < 4.78 is 5.92. The first kappa shape index (κ1) is 55.3. The van der Waals surface area contributed by atoms with E-state index in [4.69, 9.17) is 4.74 Å². The Hall–Kier alpha value is -1.66. The molecule has 0 aromatic carbocycles. The lowest BCUT2D eigenvalue weighted by Crippen LogP contribution is -2.46. The Balaban J connectivity index is 4.52. The zero-order valence-electron chi connectivity index (χ0n) is 38.2. The molecule has 0 aliphatic heterocycles. The normalized spacial score (nSPS) is 13.4. The average Bonchev–Trinajstić information content (AvgIpc) is 3.20. The van der Waals surface area contributed by atoms with E-state index in [0.717, 1.165) is 64.2 Å². The van der Waals surface area contributed by atoms with Gasteiger partial charge in [-0.25, -0.2) is 0 Å². The number of hydrogen-bond donors (Lipinski definition) is 3. The van der Waals surface area contributed by atoms with Gasteiger partial charge in [-0.1, -0.05) is 218 Å². The molecule has 0 aromatic rings. The molecule has 336 valence electrons. The summed E-state index contributed by atoms with van der Waals surface area (Å²) in [6.07, 6.45) is 50.9. The van der Waals surface area contributed by atoms with Crippen LogP contribution >= 0.6 is 0 Å². The van der Waals surface area contributed by atoms with Crippen molar-refractivity contribution >= 4 is 11.9 Å². The summed E-state index contributed by atoms with van der Waals surface area (Å²) >= 11 is 0. The highest BCUT2D eigenvalue weighted by atomic mass is 16.5. The number of aliphatic hydroxyl groups is 2. The monoisotopic (exact) mass is 804 g/mol. The van der Waals surface area contributed by atoms with E-state index in [-0.39, 0.29) is 24.9 Å². The van der Waals surface area contributed by atoms with E-state index in [1.54, 1.807) is 0 Å². The number of carbonyl (C=O) groups is 2. The van der Waals surface area contributed by atoms with Gasteiger partial charge in [-0.3, -0.25) is 9.59 Å². The lowest BCUT2D eigenvalue weighted by Gasteiger charge is -2.24. The second-order valence-corrected chi connectivity index (χ2v) is 17.2. The molecule has 0 radical (unpaired) electrons. The van der Waals surface area contributed by atoms with Gasteiger partial charge in [0.15, 0.2) is 0 Å². The molecular formula is C51H97NO5. The quantitative estimate of drug-likeness (QED) is 0.0324. The first-order chi connectivity index (χ1) is 28.0. The van der Waals surface area contributed by atoms with Gasteiger partial charge in [0.1, 0.15) is 6.10 Å². The average molecular weight is 804 g/mol. The second-order valence-electron chi connectivity index (χ2n) is 17.2. The van der Waals surface area contributed by atoms with E-state index in [9.17, 15) is 19.8 Å². The van der Waals surface area contributed by atoms with Gasteiger partial charge in [-0.15, -0.1) is 0 Å². The van der Waals surface area contributed by atoms with E-state index >= 15 is 0 Å². The summed E-state index contributed by atoms with van der Waals surface area (Å²) in [7, 11) is 0. The first-order valence-corrected chi connectivity index (χ1v) is 25.1. The van der Waals surface area contributed by atoms with Gasteiger partial charge in [0, 0.05) is 6.42 Å². The van der Waals surface area contributed by atoms with Crippen LogP contribution in [0, 0.1) is 0 Å². The molecule has 0 fully saturated rings. The van der Waals surface area contributed by atoms with Crippen LogP contribution in [0.15, 0.2) is 24.3 Å². The predicted molar refractivity (Wildman–Crippen MR) is 246 cm³/mol. The van der Waals surface area contributed by atoms with E-state index in [1.165, 1.54) is 154 Å². The number of unbranched alkanes of at least 4 members (excludes halogenated alkanes) is 29. The largest absolute Gasteiger partial charge is 0.462 e. The summed E-state index contributed by atoms with van der Waals surface area (Å²) in [4.78, 5) is 26.1. The van der Waals surface area contributed by atoms with E-state index in [2.05, 4.69) is 50.4 Å². The molecule has 1 amide bonds. The molecular weight excluding hydrogens is 707 g/mol. The second kappa shape index (κ2) is 45.4. The van der Waals surface area contributed by atoms with Crippen LogP contribution < -0.4 is 5.32 Å². The van der Waals surface area contributed by atoms with Crippen LogP contribution in [0.1, 0.15) is 265 Å². The number of hydrogen-bond acceptors (Lipinski definition) is 5. The lowest BCUT2D eigenvalue weighted by atomic mass is 10.0. The number of esters is 1. The van der Waals surface area contributed by atoms with Gasteiger partial charge in [0.25, 0.3) is 0 Å². The van der Waals surface area contributed by atoms with E-state index < -0.39 is 18.2 Å². The van der Waals surface area contributed by atoms with Crippen LogP contribution in [-0.4, -0.2) is 46.9 Å². The van der Waals surface area contributed by atoms with Crippen molar-refractivity contribution in [2.24, 2.45) is 0 Å². The molecule has 6 nitrogen and oxygen atoms in total. The molecule has 3 atom stereocenters. The molecule has 0 saturated carbocycles. The Labute approximate surface area is 354 Å². The van der Waals surface area contributed by atoms with Gasteiger partial charge >= 0.3 is 5.97 Å². The highest BCUT2D eigenvalue weighted by molar-refractivity contribution is 5.77. The topological polar surface area (TPSA) is 95.9 Å². The Morgan fingerprint density at radius 3 is 1.37 bits per heavy atom. The van der Waals surface area contributed by atoms with Gasteiger partial charge in [0.2, 0.25) is 5.91 Å². The molecule has 0 spiro atoms. The van der Waals surface area contributed by atoms with Crippen molar-refractivity contribution in [2.45, 2.75) is 283 Å². The number of ether oxygens (including phenoxy) is 1. The number of nitrogens with one attached hydrogen (secondary N) is 1. The molecule has 3 unspecified atom stereocenters. The van der Waals surface area contributed by atoms with Crippen molar-refractivity contribution in [3.05, 3.63) is 24.3 Å².